The van der Waals surface area contributed by atoms with E-state index in [-0.39, 0.29) is 24.0 Å². The van der Waals surface area contributed by atoms with Gasteiger partial charge in [0.2, 0.25) is 0 Å². The Bertz CT molecular complexity index is 608. The molecule has 0 bridgehead atoms. The van der Waals surface area contributed by atoms with Crippen LogP contribution in [0.5, 0.6) is 0 Å². The van der Waals surface area contributed by atoms with Gasteiger partial charge in [0.15, 0.2) is 5.96 Å². The fourth-order valence-electron chi connectivity index (χ4n) is 3.82. The minimum Gasteiger partial charge on any atom is -0.381 e. The molecule has 6 nitrogen and oxygen atoms in total. The predicted molar refractivity (Wildman–Crippen MR) is 129 cm³/mol. The Labute approximate surface area is 192 Å². The van der Waals surface area contributed by atoms with Crippen LogP contribution in [0.1, 0.15) is 30.4 Å². The second-order valence-electron chi connectivity index (χ2n) is 7.73. The number of nitrogens with zero attached hydrogens (tertiary/aromatic N) is 2. The van der Waals surface area contributed by atoms with Crippen molar-refractivity contribution in [3.8, 4) is 0 Å². The molecule has 1 atom stereocenters. The fraction of sp³-hybridized carbons (Fsp3) is 0.682. The minimum absolute atomic E-state index is 0. The van der Waals surface area contributed by atoms with Crippen LogP contribution in [0.3, 0.4) is 0 Å². The van der Waals surface area contributed by atoms with Crippen LogP contribution in [0.25, 0.3) is 0 Å². The van der Waals surface area contributed by atoms with E-state index in [1.807, 2.05) is 7.05 Å². The molecule has 2 aliphatic heterocycles. The highest BCUT2D eigenvalue weighted by Crippen LogP contribution is 2.18. The zero-order valence-corrected chi connectivity index (χ0v) is 20.0. The predicted octanol–water partition coefficient (Wildman–Crippen LogP) is 2.66. The van der Waals surface area contributed by atoms with Gasteiger partial charge in [0.05, 0.1) is 13.2 Å². The molecule has 0 spiro atoms. The SMILES string of the molecule is CN=C(NCCCOCC1CCOC1)NCCCN1CCc2ccccc2C1.I. The van der Waals surface area contributed by atoms with Crippen molar-refractivity contribution in [1.29, 1.82) is 0 Å². The maximum atomic E-state index is 5.74. The molecule has 164 valence electrons. The maximum absolute atomic E-state index is 5.74. The third-order valence-corrected chi connectivity index (χ3v) is 5.51. The molecule has 1 unspecified atom stereocenters. The molecule has 29 heavy (non-hydrogen) atoms. The monoisotopic (exact) mass is 516 g/mol. The highest BCUT2D eigenvalue weighted by Gasteiger charge is 2.16. The lowest BCUT2D eigenvalue weighted by Gasteiger charge is -2.28. The molecule has 0 aromatic heterocycles. The Morgan fingerprint density at radius 2 is 2.00 bits per heavy atom. The molecule has 3 rings (SSSR count). The van der Waals surface area contributed by atoms with Crippen molar-refractivity contribution < 1.29 is 9.47 Å². The van der Waals surface area contributed by atoms with E-state index in [0.717, 1.165) is 84.4 Å². The largest absolute Gasteiger partial charge is 0.381 e. The standard InChI is InChI=1S/C22H36N4O2.HI/c1-23-22(25-11-5-14-27-17-19-9-15-28-18-19)24-10-4-12-26-13-8-20-6-2-3-7-21(20)16-26;/h2-3,6-7,19H,4-5,8-18H2,1H3,(H2,23,24,25);1H. The van der Waals surface area contributed by atoms with E-state index in [2.05, 4.69) is 44.8 Å². The summed E-state index contributed by atoms with van der Waals surface area (Å²) in [4.78, 5) is 6.85. The van der Waals surface area contributed by atoms with Gasteiger partial charge in [0.1, 0.15) is 0 Å². The van der Waals surface area contributed by atoms with Gasteiger partial charge < -0.3 is 20.1 Å². The summed E-state index contributed by atoms with van der Waals surface area (Å²) >= 11 is 0. The van der Waals surface area contributed by atoms with Crippen LogP contribution in [-0.4, -0.2) is 70.5 Å². The molecule has 0 aliphatic carbocycles. The Morgan fingerprint density at radius 1 is 1.21 bits per heavy atom. The summed E-state index contributed by atoms with van der Waals surface area (Å²) in [5, 5.41) is 6.79. The van der Waals surface area contributed by atoms with Gasteiger partial charge in [0, 0.05) is 58.9 Å². The average Bonchev–Trinajstić information content (AvgIpc) is 3.25. The third kappa shape index (κ3) is 8.78. The maximum Gasteiger partial charge on any atom is 0.190 e. The average molecular weight is 516 g/mol. The molecule has 1 fully saturated rings. The molecular formula is C22H37IN4O2. The molecule has 1 aromatic carbocycles. The van der Waals surface area contributed by atoms with Gasteiger partial charge in [-0.05, 0) is 36.8 Å². The molecule has 0 radical (unpaired) electrons. The lowest BCUT2D eigenvalue weighted by atomic mass is 10.00. The van der Waals surface area contributed by atoms with Gasteiger partial charge in [-0.3, -0.25) is 9.89 Å². The Kier molecular flexibility index (Phi) is 11.9. The topological polar surface area (TPSA) is 58.1 Å². The summed E-state index contributed by atoms with van der Waals surface area (Å²) in [7, 11) is 1.83. The minimum atomic E-state index is 0. The van der Waals surface area contributed by atoms with E-state index in [9.17, 15) is 0 Å². The zero-order chi connectivity index (χ0) is 19.4. The summed E-state index contributed by atoms with van der Waals surface area (Å²) in [5.41, 5.74) is 3.00. The van der Waals surface area contributed by atoms with Gasteiger partial charge in [-0.25, -0.2) is 0 Å². The van der Waals surface area contributed by atoms with Crippen molar-refractivity contribution in [2.75, 3.05) is 59.7 Å². The Morgan fingerprint density at radius 3 is 2.76 bits per heavy atom. The van der Waals surface area contributed by atoms with Crippen molar-refractivity contribution in [3.05, 3.63) is 35.4 Å². The van der Waals surface area contributed by atoms with Crippen molar-refractivity contribution in [2.24, 2.45) is 10.9 Å². The van der Waals surface area contributed by atoms with E-state index in [1.165, 1.54) is 17.5 Å². The Balaban J connectivity index is 0.00000300. The van der Waals surface area contributed by atoms with E-state index < -0.39 is 0 Å². The highest BCUT2D eigenvalue weighted by molar-refractivity contribution is 14.0. The van der Waals surface area contributed by atoms with Crippen molar-refractivity contribution >= 4 is 29.9 Å². The first-order chi connectivity index (χ1) is 13.8. The number of fused-ring (bicyclic) bond motifs is 1. The van der Waals surface area contributed by atoms with Crippen LogP contribution >= 0.6 is 24.0 Å². The number of hydrogen-bond acceptors (Lipinski definition) is 4. The van der Waals surface area contributed by atoms with Crippen molar-refractivity contribution in [3.63, 3.8) is 0 Å². The van der Waals surface area contributed by atoms with Crippen LogP contribution in [-0.2, 0) is 22.4 Å². The van der Waals surface area contributed by atoms with Crippen LogP contribution in [0, 0.1) is 5.92 Å². The smallest absolute Gasteiger partial charge is 0.190 e. The number of halogens is 1. The zero-order valence-electron chi connectivity index (χ0n) is 17.7. The van der Waals surface area contributed by atoms with Gasteiger partial charge in [0.25, 0.3) is 0 Å². The fourth-order valence-corrected chi connectivity index (χ4v) is 3.82. The second kappa shape index (κ2) is 14.2. The molecule has 2 aliphatic rings. The number of guanidine groups is 1. The second-order valence-corrected chi connectivity index (χ2v) is 7.73. The molecule has 0 saturated carbocycles. The summed E-state index contributed by atoms with van der Waals surface area (Å²) in [5.74, 6) is 1.48. The first kappa shape index (κ1) is 24.4. The van der Waals surface area contributed by atoms with E-state index >= 15 is 0 Å². The number of hydrogen-bond donors (Lipinski definition) is 2. The Hall–Kier alpha value is -0.900. The normalized spacial score (nSPS) is 19.5. The number of nitrogens with one attached hydrogen (secondary N) is 2. The summed E-state index contributed by atoms with van der Waals surface area (Å²) < 4.78 is 11.1. The molecule has 1 aromatic rings. The number of ether oxygens (including phenoxy) is 2. The van der Waals surface area contributed by atoms with Crippen LogP contribution < -0.4 is 10.6 Å². The van der Waals surface area contributed by atoms with Crippen LogP contribution in [0.15, 0.2) is 29.3 Å². The number of benzene rings is 1. The van der Waals surface area contributed by atoms with E-state index in [1.54, 1.807) is 0 Å². The van der Waals surface area contributed by atoms with Crippen molar-refractivity contribution in [2.45, 2.75) is 32.2 Å². The van der Waals surface area contributed by atoms with Gasteiger partial charge in [-0.15, -0.1) is 24.0 Å². The van der Waals surface area contributed by atoms with E-state index in [0.29, 0.717) is 5.92 Å². The summed E-state index contributed by atoms with van der Waals surface area (Å²) in [6, 6.07) is 8.82. The van der Waals surface area contributed by atoms with Crippen LogP contribution in [0.4, 0.5) is 0 Å². The molecule has 2 N–H and O–H groups in total. The molecule has 0 amide bonds. The lowest BCUT2D eigenvalue weighted by Crippen LogP contribution is -2.39. The van der Waals surface area contributed by atoms with E-state index in [4.69, 9.17) is 9.47 Å². The summed E-state index contributed by atoms with van der Waals surface area (Å²) in [6.07, 6.45) is 4.41. The van der Waals surface area contributed by atoms with Gasteiger partial charge in [-0.2, -0.15) is 0 Å². The molecule has 2 heterocycles. The number of aliphatic imine (C=N–C) groups is 1. The quantitative estimate of drug-likeness (QED) is 0.217. The van der Waals surface area contributed by atoms with Crippen molar-refractivity contribution in [1.82, 2.24) is 15.5 Å². The van der Waals surface area contributed by atoms with Gasteiger partial charge in [-0.1, -0.05) is 24.3 Å². The lowest BCUT2D eigenvalue weighted by molar-refractivity contribution is 0.0888. The molecule has 1 saturated heterocycles. The third-order valence-electron chi connectivity index (χ3n) is 5.51. The molecular weight excluding hydrogens is 479 g/mol. The highest BCUT2D eigenvalue weighted by atomic mass is 127. The first-order valence-corrected chi connectivity index (χ1v) is 10.7. The van der Waals surface area contributed by atoms with Crippen LogP contribution in [0.2, 0.25) is 0 Å². The number of rotatable bonds is 10. The summed E-state index contributed by atoms with van der Waals surface area (Å²) in [6.45, 7) is 8.55. The molecule has 7 heteroatoms. The van der Waals surface area contributed by atoms with Gasteiger partial charge >= 0.3 is 0 Å². The first-order valence-electron chi connectivity index (χ1n) is 10.7.